The second kappa shape index (κ2) is 6.16. The summed E-state index contributed by atoms with van der Waals surface area (Å²) >= 11 is 0. The molecule has 5 heteroatoms. The smallest absolute Gasteiger partial charge is 0.318 e. The van der Waals surface area contributed by atoms with Crippen molar-refractivity contribution in [2.45, 2.75) is 31.8 Å². The molecule has 0 aliphatic carbocycles. The van der Waals surface area contributed by atoms with E-state index in [0.29, 0.717) is 12.6 Å². The van der Waals surface area contributed by atoms with E-state index in [4.69, 9.17) is 4.74 Å². The van der Waals surface area contributed by atoms with Crippen molar-refractivity contribution >= 4 is 6.03 Å². The Morgan fingerprint density at radius 2 is 2.23 bits per heavy atom. The molecule has 1 saturated heterocycles. The molecule has 1 N–H and O–H groups in total. The van der Waals surface area contributed by atoms with Gasteiger partial charge in [-0.2, -0.15) is 0 Å². The number of likely N-dealkylation sites (tertiary alicyclic amines) is 1. The van der Waals surface area contributed by atoms with Crippen LogP contribution in [0.2, 0.25) is 0 Å². The fraction of sp³-hybridized carbons (Fsp3) is 0.588. The summed E-state index contributed by atoms with van der Waals surface area (Å²) in [6.07, 6.45) is 2.22. The van der Waals surface area contributed by atoms with Gasteiger partial charge in [-0.05, 0) is 39.9 Å². The number of aryl methyl sites for hydroxylation is 1. The number of hydrogen-bond donors (Lipinski definition) is 1. The molecule has 0 unspecified atom stereocenters. The molecule has 2 aliphatic rings. The number of urea groups is 1. The van der Waals surface area contributed by atoms with Gasteiger partial charge in [0, 0.05) is 24.7 Å². The molecular formula is C17H25N3O2. The van der Waals surface area contributed by atoms with Crippen molar-refractivity contribution in [1.82, 2.24) is 15.1 Å². The number of carbonyl (C=O) groups excluding carboxylic acids is 1. The fourth-order valence-corrected chi connectivity index (χ4v) is 3.25. The van der Waals surface area contributed by atoms with E-state index in [0.717, 1.165) is 37.2 Å². The molecule has 22 heavy (non-hydrogen) atoms. The fourth-order valence-electron chi connectivity index (χ4n) is 3.25. The predicted octanol–water partition coefficient (Wildman–Crippen LogP) is 2.16. The molecule has 3 rings (SSSR count). The van der Waals surface area contributed by atoms with Crippen LogP contribution in [0.1, 0.15) is 30.0 Å². The van der Waals surface area contributed by atoms with Gasteiger partial charge in [0.25, 0.3) is 0 Å². The van der Waals surface area contributed by atoms with E-state index in [9.17, 15) is 4.79 Å². The molecule has 1 aromatic carbocycles. The highest BCUT2D eigenvalue weighted by Crippen LogP contribution is 2.33. The molecule has 0 aromatic heterocycles. The van der Waals surface area contributed by atoms with E-state index in [1.54, 1.807) is 0 Å². The molecule has 120 valence electrons. The summed E-state index contributed by atoms with van der Waals surface area (Å²) in [6, 6.07) is 6.56. The molecule has 5 nitrogen and oxygen atoms in total. The molecule has 2 heterocycles. The van der Waals surface area contributed by atoms with Crippen molar-refractivity contribution in [3.63, 3.8) is 0 Å². The van der Waals surface area contributed by atoms with Gasteiger partial charge < -0.3 is 19.9 Å². The lowest BCUT2D eigenvalue weighted by molar-refractivity contribution is 0.136. The Hall–Kier alpha value is -1.75. The Balaban J connectivity index is 1.65. The Labute approximate surface area is 132 Å². The first-order chi connectivity index (χ1) is 10.5. The average molecular weight is 303 g/mol. The first kappa shape index (κ1) is 15.2. The monoisotopic (exact) mass is 303 g/mol. The number of benzene rings is 1. The molecule has 0 radical (unpaired) electrons. The summed E-state index contributed by atoms with van der Waals surface area (Å²) < 4.78 is 5.67. The molecule has 0 saturated carbocycles. The Kier molecular flexibility index (Phi) is 4.25. The third kappa shape index (κ3) is 3.04. The van der Waals surface area contributed by atoms with Gasteiger partial charge in [0.15, 0.2) is 0 Å². The van der Waals surface area contributed by atoms with Gasteiger partial charge in [0.1, 0.15) is 12.4 Å². The van der Waals surface area contributed by atoms with Gasteiger partial charge in [-0.3, -0.25) is 0 Å². The van der Waals surface area contributed by atoms with Crippen molar-refractivity contribution in [2.24, 2.45) is 0 Å². The third-order valence-electron chi connectivity index (χ3n) is 4.66. The number of hydrogen-bond acceptors (Lipinski definition) is 3. The number of rotatable bonds is 2. The summed E-state index contributed by atoms with van der Waals surface area (Å²) in [6.45, 7) is 4.22. The highest BCUT2D eigenvalue weighted by atomic mass is 16.5. The molecule has 2 amide bonds. The number of nitrogens with one attached hydrogen (secondary N) is 1. The van der Waals surface area contributed by atoms with E-state index in [1.165, 1.54) is 5.56 Å². The number of amides is 2. The van der Waals surface area contributed by atoms with E-state index in [-0.39, 0.29) is 12.1 Å². The summed E-state index contributed by atoms with van der Waals surface area (Å²) in [5, 5.41) is 3.13. The maximum Gasteiger partial charge on any atom is 0.318 e. The van der Waals surface area contributed by atoms with Crippen LogP contribution in [0.25, 0.3) is 0 Å². The zero-order valence-electron chi connectivity index (χ0n) is 13.6. The van der Waals surface area contributed by atoms with Crippen LogP contribution in [0.3, 0.4) is 0 Å². The van der Waals surface area contributed by atoms with Gasteiger partial charge in [-0.25, -0.2) is 4.79 Å². The standard InChI is InChI=1S/C17H25N3O2/c1-12-6-7-16-14(9-12)15(11-22-16)18-17(21)20-8-4-5-13(10-20)19(2)3/h6-7,9,13,15H,4-5,8,10-11H2,1-3H3,(H,18,21)/t13-,15-/m0/s1. The summed E-state index contributed by atoms with van der Waals surface area (Å²) in [5.74, 6) is 0.890. The number of ether oxygens (including phenoxy) is 1. The first-order valence-electron chi connectivity index (χ1n) is 8.00. The van der Waals surface area contributed by atoms with Gasteiger partial charge in [0.2, 0.25) is 0 Å². The minimum Gasteiger partial charge on any atom is -0.491 e. The topological polar surface area (TPSA) is 44.8 Å². The zero-order chi connectivity index (χ0) is 15.7. The zero-order valence-corrected chi connectivity index (χ0v) is 13.6. The first-order valence-corrected chi connectivity index (χ1v) is 8.00. The lowest BCUT2D eigenvalue weighted by atomic mass is 10.0. The van der Waals surface area contributed by atoms with Crippen LogP contribution in [0, 0.1) is 6.92 Å². The predicted molar refractivity (Wildman–Crippen MR) is 86.2 cm³/mol. The molecule has 1 fully saturated rings. The maximum absolute atomic E-state index is 12.6. The third-order valence-corrected chi connectivity index (χ3v) is 4.66. The van der Waals surface area contributed by atoms with Crippen molar-refractivity contribution in [1.29, 1.82) is 0 Å². The van der Waals surface area contributed by atoms with Crippen LogP contribution in [-0.4, -0.2) is 55.7 Å². The lowest BCUT2D eigenvalue weighted by Gasteiger charge is -2.36. The quantitative estimate of drug-likeness (QED) is 0.910. The van der Waals surface area contributed by atoms with Crippen LogP contribution < -0.4 is 10.1 Å². The van der Waals surface area contributed by atoms with Gasteiger partial charge in [-0.1, -0.05) is 17.7 Å². The number of carbonyl (C=O) groups is 1. The summed E-state index contributed by atoms with van der Waals surface area (Å²) in [4.78, 5) is 16.7. The second-order valence-electron chi connectivity index (χ2n) is 6.56. The molecule has 0 bridgehead atoms. The van der Waals surface area contributed by atoms with Crippen LogP contribution in [0.4, 0.5) is 4.79 Å². The van der Waals surface area contributed by atoms with Crippen LogP contribution in [0.15, 0.2) is 18.2 Å². The molecule has 1 aromatic rings. The minimum absolute atomic E-state index is 0.0227. The van der Waals surface area contributed by atoms with Crippen LogP contribution in [-0.2, 0) is 0 Å². The van der Waals surface area contributed by atoms with E-state index < -0.39 is 0 Å². The molecular weight excluding hydrogens is 278 g/mol. The Bertz CT molecular complexity index is 559. The highest BCUT2D eigenvalue weighted by molar-refractivity contribution is 5.75. The number of nitrogens with zero attached hydrogens (tertiary/aromatic N) is 2. The number of piperidine rings is 1. The minimum atomic E-state index is -0.0397. The maximum atomic E-state index is 12.6. The van der Waals surface area contributed by atoms with Gasteiger partial charge in [-0.15, -0.1) is 0 Å². The van der Waals surface area contributed by atoms with Crippen LogP contribution in [0.5, 0.6) is 5.75 Å². The second-order valence-corrected chi connectivity index (χ2v) is 6.56. The van der Waals surface area contributed by atoms with Gasteiger partial charge >= 0.3 is 6.03 Å². The number of fused-ring (bicyclic) bond motifs is 1. The molecule has 2 atom stereocenters. The Morgan fingerprint density at radius 3 is 3.00 bits per heavy atom. The largest absolute Gasteiger partial charge is 0.491 e. The SMILES string of the molecule is Cc1ccc2c(c1)[C@@H](NC(=O)N1CCC[C@H](N(C)C)C1)CO2. The lowest BCUT2D eigenvalue weighted by Crippen LogP contribution is -2.51. The Morgan fingerprint density at radius 1 is 1.41 bits per heavy atom. The van der Waals surface area contributed by atoms with Crippen LogP contribution >= 0.6 is 0 Å². The van der Waals surface area contributed by atoms with Gasteiger partial charge in [0.05, 0.1) is 6.04 Å². The summed E-state index contributed by atoms with van der Waals surface area (Å²) in [5.41, 5.74) is 2.28. The van der Waals surface area contributed by atoms with E-state index in [2.05, 4.69) is 37.3 Å². The van der Waals surface area contributed by atoms with Crippen molar-refractivity contribution in [2.75, 3.05) is 33.8 Å². The average Bonchev–Trinajstić information content (AvgIpc) is 2.89. The molecule has 2 aliphatic heterocycles. The number of likely N-dealkylation sites (N-methyl/N-ethyl adjacent to an activating group) is 1. The van der Waals surface area contributed by atoms with Crippen molar-refractivity contribution in [3.05, 3.63) is 29.3 Å². The summed E-state index contributed by atoms with van der Waals surface area (Å²) in [7, 11) is 4.16. The van der Waals surface area contributed by atoms with E-state index in [1.807, 2.05) is 17.0 Å². The van der Waals surface area contributed by atoms with Crippen molar-refractivity contribution in [3.8, 4) is 5.75 Å². The normalized spacial score (nSPS) is 24.1. The highest BCUT2D eigenvalue weighted by Gasteiger charge is 2.30. The van der Waals surface area contributed by atoms with Crippen molar-refractivity contribution < 1.29 is 9.53 Å². The molecule has 0 spiro atoms. The van der Waals surface area contributed by atoms with E-state index >= 15 is 0 Å².